The second-order valence-electron chi connectivity index (χ2n) is 4.06. The molecule has 1 N–H and O–H groups in total. The highest BCUT2D eigenvalue weighted by Crippen LogP contribution is 2.26. The molecule has 1 aromatic rings. The minimum atomic E-state index is 0.530. The summed E-state index contributed by atoms with van der Waals surface area (Å²) in [5.74, 6) is 4.17. The van der Waals surface area contributed by atoms with Gasteiger partial charge in [-0.1, -0.05) is 0 Å². The van der Waals surface area contributed by atoms with Crippen molar-refractivity contribution in [3.05, 3.63) is 17.8 Å². The molecule has 0 saturated carbocycles. The van der Waals surface area contributed by atoms with Gasteiger partial charge in [-0.25, -0.2) is 4.98 Å². The fourth-order valence-electron chi connectivity index (χ4n) is 1.86. The Morgan fingerprint density at radius 1 is 1.50 bits per heavy atom. The van der Waals surface area contributed by atoms with E-state index in [0.717, 1.165) is 17.3 Å². The van der Waals surface area contributed by atoms with E-state index in [1.807, 2.05) is 30.8 Å². The summed E-state index contributed by atoms with van der Waals surface area (Å²) in [5, 5.41) is 3.48. The van der Waals surface area contributed by atoms with Crippen molar-refractivity contribution in [2.75, 3.05) is 23.9 Å². The molecule has 1 unspecified atom stereocenters. The first-order chi connectivity index (χ1) is 7.79. The summed E-state index contributed by atoms with van der Waals surface area (Å²) in [6.07, 6.45) is 2.52. The van der Waals surface area contributed by atoms with E-state index in [9.17, 15) is 0 Å². The van der Waals surface area contributed by atoms with Gasteiger partial charge in [-0.05, 0) is 37.7 Å². The number of pyridine rings is 1. The number of anilines is 1. The smallest absolute Gasteiger partial charge is 0.169 e. The van der Waals surface area contributed by atoms with Gasteiger partial charge in [0.1, 0.15) is 0 Å². The summed E-state index contributed by atoms with van der Waals surface area (Å²) in [4.78, 5) is 4.49. The fourth-order valence-corrected chi connectivity index (χ4v) is 2.93. The molecule has 1 atom stereocenters. The van der Waals surface area contributed by atoms with Crippen LogP contribution in [0.15, 0.2) is 12.1 Å². The Balaban J connectivity index is 2.09. The van der Waals surface area contributed by atoms with Gasteiger partial charge in [-0.3, -0.25) is 0 Å². The van der Waals surface area contributed by atoms with Gasteiger partial charge < -0.3 is 10.1 Å². The summed E-state index contributed by atoms with van der Waals surface area (Å²) in [7, 11) is 1.69. The molecule has 1 aliphatic rings. The molecule has 16 heavy (non-hydrogen) atoms. The summed E-state index contributed by atoms with van der Waals surface area (Å²) >= 11 is 2.01. The van der Waals surface area contributed by atoms with Crippen molar-refractivity contribution in [2.45, 2.75) is 25.8 Å². The van der Waals surface area contributed by atoms with Gasteiger partial charge in [0.15, 0.2) is 11.6 Å². The Bertz CT molecular complexity index is 351. The summed E-state index contributed by atoms with van der Waals surface area (Å²) in [5.41, 5.74) is 1.02. The predicted molar refractivity (Wildman–Crippen MR) is 69.5 cm³/mol. The number of methoxy groups -OCH3 is 1. The van der Waals surface area contributed by atoms with E-state index in [0.29, 0.717) is 6.04 Å². The number of nitrogens with one attached hydrogen (secondary N) is 1. The third kappa shape index (κ3) is 2.82. The largest absolute Gasteiger partial charge is 0.493 e. The number of aryl methyl sites for hydroxylation is 1. The second-order valence-corrected chi connectivity index (χ2v) is 5.21. The zero-order valence-electron chi connectivity index (χ0n) is 9.82. The molecule has 0 aromatic carbocycles. The third-order valence-electron chi connectivity index (χ3n) is 2.72. The van der Waals surface area contributed by atoms with Crippen molar-refractivity contribution < 1.29 is 4.74 Å². The van der Waals surface area contributed by atoms with E-state index in [1.165, 1.54) is 24.3 Å². The minimum Gasteiger partial charge on any atom is -0.493 e. The maximum Gasteiger partial charge on any atom is 0.169 e. The quantitative estimate of drug-likeness (QED) is 0.878. The first-order valence-electron chi connectivity index (χ1n) is 5.65. The maximum atomic E-state index is 5.31. The van der Waals surface area contributed by atoms with Crippen LogP contribution in [-0.2, 0) is 0 Å². The molecule has 0 bridgehead atoms. The van der Waals surface area contributed by atoms with Gasteiger partial charge in [0, 0.05) is 17.5 Å². The van der Waals surface area contributed by atoms with Crippen LogP contribution in [-0.4, -0.2) is 29.6 Å². The molecule has 3 nitrogen and oxygen atoms in total. The molecule has 0 aliphatic carbocycles. The fraction of sp³-hybridized carbons (Fsp3) is 0.583. The first-order valence-corrected chi connectivity index (χ1v) is 6.81. The summed E-state index contributed by atoms with van der Waals surface area (Å²) < 4.78 is 5.31. The molecule has 2 heterocycles. The lowest BCUT2D eigenvalue weighted by Gasteiger charge is -2.23. The van der Waals surface area contributed by atoms with Crippen LogP contribution < -0.4 is 10.1 Å². The van der Waals surface area contributed by atoms with Crippen molar-refractivity contribution in [1.29, 1.82) is 0 Å². The molecule has 2 rings (SSSR count). The van der Waals surface area contributed by atoms with Crippen LogP contribution in [0.4, 0.5) is 5.82 Å². The highest BCUT2D eigenvalue weighted by Gasteiger charge is 2.15. The lowest BCUT2D eigenvalue weighted by molar-refractivity contribution is 0.414. The molecule has 4 heteroatoms. The van der Waals surface area contributed by atoms with Crippen LogP contribution in [0.25, 0.3) is 0 Å². The normalized spacial score (nSPS) is 20.5. The molecular weight excluding hydrogens is 220 g/mol. The van der Waals surface area contributed by atoms with E-state index < -0.39 is 0 Å². The molecule has 1 aliphatic heterocycles. The lowest BCUT2D eigenvalue weighted by atomic mass is 10.2. The van der Waals surface area contributed by atoms with Crippen LogP contribution in [0.3, 0.4) is 0 Å². The molecule has 1 fully saturated rings. The number of hydrogen-bond donors (Lipinski definition) is 1. The highest BCUT2D eigenvalue weighted by atomic mass is 32.2. The first kappa shape index (κ1) is 11.6. The Hall–Kier alpha value is -0.900. The van der Waals surface area contributed by atoms with Crippen LogP contribution in [0, 0.1) is 6.92 Å². The van der Waals surface area contributed by atoms with Crippen LogP contribution in [0.1, 0.15) is 18.5 Å². The number of rotatable bonds is 3. The van der Waals surface area contributed by atoms with Gasteiger partial charge >= 0.3 is 0 Å². The molecule has 88 valence electrons. The number of nitrogens with zero attached hydrogens (tertiary/aromatic N) is 1. The van der Waals surface area contributed by atoms with Crippen molar-refractivity contribution in [3.8, 4) is 5.75 Å². The predicted octanol–water partition coefficient (Wildman–Crippen LogP) is 2.71. The van der Waals surface area contributed by atoms with Crippen LogP contribution in [0.5, 0.6) is 5.75 Å². The molecular formula is C12H18N2OS. The average molecular weight is 238 g/mol. The Labute approximate surface area is 101 Å². The van der Waals surface area contributed by atoms with Gasteiger partial charge in [0.2, 0.25) is 0 Å². The number of thioether (sulfide) groups is 1. The van der Waals surface area contributed by atoms with Gasteiger partial charge in [0.25, 0.3) is 0 Å². The van der Waals surface area contributed by atoms with Gasteiger partial charge in [-0.2, -0.15) is 11.8 Å². The van der Waals surface area contributed by atoms with Crippen molar-refractivity contribution >= 4 is 17.6 Å². The number of ether oxygens (including phenoxy) is 1. The van der Waals surface area contributed by atoms with Crippen molar-refractivity contribution in [3.63, 3.8) is 0 Å². The summed E-state index contributed by atoms with van der Waals surface area (Å²) in [6.45, 7) is 2.00. The maximum absolute atomic E-state index is 5.31. The van der Waals surface area contributed by atoms with Gasteiger partial charge in [0.05, 0.1) is 7.11 Å². The Morgan fingerprint density at radius 3 is 3.06 bits per heavy atom. The standard InChI is InChI=1S/C12H18N2OS/c1-9-5-6-11(15-2)12(13-9)14-10-4-3-7-16-8-10/h5-6,10H,3-4,7-8H2,1-2H3,(H,13,14). The monoisotopic (exact) mass is 238 g/mol. The zero-order chi connectivity index (χ0) is 11.4. The van der Waals surface area contributed by atoms with E-state index in [1.54, 1.807) is 7.11 Å². The minimum absolute atomic E-state index is 0.530. The Morgan fingerprint density at radius 2 is 2.38 bits per heavy atom. The molecule has 0 radical (unpaired) electrons. The SMILES string of the molecule is COc1ccc(C)nc1NC1CCCSC1. The van der Waals surface area contributed by atoms with Crippen molar-refractivity contribution in [2.24, 2.45) is 0 Å². The molecule has 0 spiro atoms. The van der Waals surface area contributed by atoms with E-state index in [4.69, 9.17) is 4.74 Å². The van der Waals surface area contributed by atoms with Gasteiger partial charge in [-0.15, -0.1) is 0 Å². The molecule has 0 amide bonds. The highest BCUT2D eigenvalue weighted by molar-refractivity contribution is 7.99. The van der Waals surface area contributed by atoms with E-state index >= 15 is 0 Å². The third-order valence-corrected chi connectivity index (χ3v) is 3.93. The van der Waals surface area contributed by atoms with E-state index in [-0.39, 0.29) is 0 Å². The second kappa shape index (κ2) is 5.43. The lowest BCUT2D eigenvalue weighted by Crippen LogP contribution is -2.26. The zero-order valence-corrected chi connectivity index (χ0v) is 10.6. The van der Waals surface area contributed by atoms with Crippen LogP contribution >= 0.6 is 11.8 Å². The van der Waals surface area contributed by atoms with Crippen molar-refractivity contribution in [1.82, 2.24) is 4.98 Å². The molecule has 1 aromatic heterocycles. The average Bonchev–Trinajstić information content (AvgIpc) is 2.31. The number of hydrogen-bond acceptors (Lipinski definition) is 4. The number of aromatic nitrogens is 1. The molecule has 1 saturated heterocycles. The van der Waals surface area contributed by atoms with E-state index in [2.05, 4.69) is 10.3 Å². The topological polar surface area (TPSA) is 34.1 Å². The van der Waals surface area contributed by atoms with Crippen LogP contribution in [0.2, 0.25) is 0 Å². The summed E-state index contributed by atoms with van der Waals surface area (Å²) in [6, 6.07) is 4.47. The Kier molecular flexibility index (Phi) is 3.93.